The molecule has 3 N–H and O–H groups in total. The van der Waals surface area contributed by atoms with Crippen molar-refractivity contribution in [2.24, 2.45) is 5.73 Å². The third kappa shape index (κ3) is 4.91. The van der Waals surface area contributed by atoms with Crippen molar-refractivity contribution in [1.29, 1.82) is 0 Å². The SMILES string of the molecule is CCSCCC(C)NS(=O)(=O)c1ccc(F)c(CN)c1F. The molecule has 0 aliphatic heterocycles. The van der Waals surface area contributed by atoms with E-state index in [0.717, 1.165) is 23.6 Å². The van der Waals surface area contributed by atoms with Gasteiger partial charge < -0.3 is 5.73 Å². The normalized spacial score (nSPS) is 13.4. The average Bonchev–Trinajstić information content (AvgIpc) is 2.38. The Bertz CT molecular complexity index is 580. The maximum atomic E-state index is 14.0. The second-order valence-electron chi connectivity index (χ2n) is 4.55. The van der Waals surface area contributed by atoms with E-state index < -0.39 is 38.7 Å². The molecule has 1 atom stereocenters. The molecule has 0 amide bonds. The first-order valence-electron chi connectivity index (χ1n) is 6.60. The van der Waals surface area contributed by atoms with Crippen LogP contribution in [0.15, 0.2) is 17.0 Å². The average molecular weight is 338 g/mol. The van der Waals surface area contributed by atoms with E-state index in [1.807, 2.05) is 6.92 Å². The minimum absolute atomic E-state index is 0.333. The smallest absolute Gasteiger partial charge is 0.243 e. The van der Waals surface area contributed by atoms with E-state index in [9.17, 15) is 17.2 Å². The molecule has 0 bridgehead atoms. The van der Waals surface area contributed by atoms with Crippen molar-refractivity contribution < 1.29 is 17.2 Å². The van der Waals surface area contributed by atoms with Crippen LogP contribution in [-0.4, -0.2) is 26.0 Å². The van der Waals surface area contributed by atoms with Crippen LogP contribution in [0.4, 0.5) is 8.78 Å². The van der Waals surface area contributed by atoms with Crippen LogP contribution < -0.4 is 10.5 Å². The number of hydrogen-bond donors (Lipinski definition) is 2. The first-order valence-corrected chi connectivity index (χ1v) is 9.24. The molecule has 1 unspecified atom stereocenters. The number of nitrogens with one attached hydrogen (secondary N) is 1. The zero-order valence-corrected chi connectivity index (χ0v) is 13.7. The van der Waals surface area contributed by atoms with Gasteiger partial charge in [-0.25, -0.2) is 21.9 Å². The van der Waals surface area contributed by atoms with E-state index >= 15 is 0 Å². The Balaban J connectivity index is 2.93. The van der Waals surface area contributed by atoms with Gasteiger partial charge in [-0.15, -0.1) is 0 Å². The number of rotatable bonds is 8. The molecule has 120 valence electrons. The Labute approximate surface area is 128 Å². The number of nitrogens with two attached hydrogens (primary N) is 1. The topological polar surface area (TPSA) is 72.2 Å². The van der Waals surface area contributed by atoms with Crippen molar-refractivity contribution >= 4 is 21.8 Å². The summed E-state index contributed by atoms with van der Waals surface area (Å²) in [7, 11) is -4.03. The molecule has 0 saturated carbocycles. The maximum absolute atomic E-state index is 14.0. The third-order valence-electron chi connectivity index (χ3n) is 2.90. The lowest BCUT2D eigenvalue weighted by Crippen LogP contribution is -2.33. The Morgan fingerprint density at radius 1 is 1.38 bits per heavy atom. The van der Waals surface area contributed by atoms with E-state index in [2.05, 4.69) is 4.72 Å². The Kier molecular flexibility index (Phi) is 7.05. The molecule has 1 aromatic rings. The fourth-order valence-corrected chi connectivity index (χ4v) is 3.95. The van der Waals surface area contributed by atoms with Crippen molar-refractivity contribution in [2.75, 3.05) is 11.5 Å². The van der Waals surface area contributed by atoms with Gasteiger partial charge in [0.1, 0.15) is 10.7 Å². The van der Waals surface area contributed by atoms with Gasteiger partial charge >= 0.3 is 0 Å². The van der Waals surface area contributed by atoms with Crippen molar-refractivity contribution in [3.63, 3.8) is 0 Å². The zero-order valence-electron chi connectivity index (χ0n) is 12.0. The molecular formula is C13H20F2N2O2S2. The summed E-state index contributed by atoms with van der Waals surface area (Å²) >= 11 is 1.69. The van der Waals surface area contributed by atoms with Gasteiger partial charge in [0.15, 0.2) is 5.82 Å². The van der Waals surface area contributed by atoms with Crippen molar-refractivity contribution in [3.8, 4) is 0 Å². The summed E-state index contributed by atoms with van der Waals surface area (Å²) in [6.45, 7) is 3.32. The van der Waals surface area contributed by atoms with Gasteiger partial charge in [-0.2, -0.15) is 11.8 Å². The monoisotopic (exact) mass is 338 g/mol. The lowest BCUT2D eigenvalue weighted by Gasteiger charge is -2.15. The van der Waals surface area contributed by atoms with Gasteiger partial charge in [0.25, 0.3) is 0 Å². The van der Waals surface area contributed by atoms with Crippen LogP contribution in [0, 0.1) is 11.6 Å². The molecule has 1 aromatic carbocycles. The minimum atomic E-state index is -4.03. The number of hydrogen-bond acceptors (Lipinski definition) is 4. The maximum Gasteiger partial charge on any atom is 0.243 e. The summed E-state index contributed by atoms with van der Waals surface area (Å²) in [6, 6.07) is 1.50. The number of thioether (sulfide) groups is 1. The zero-order chi connectivity index (χ0) is 16.0. The summed E-state index contributed by atoms with van der Waals surface area (Å²) in [6.07, 6.45) is 0.629. The fourth-order valence-electron chi connectivity index (χ4n) is 1.76. The standard InChI is InChI=1S/C13H20F2N2O2S2/c1-3-20-7-6-9(2)17-21(18,19)12-5-4-11(14)10(8-16)13(12)15/h4-5,9,17H,3,6-8,16H2,1-2H3. The lowest BCUT2D eigenvalue weighted by molar-refractivity contribution is 0.519. The van der Waals surface area contributed by atoms with Crippen LogP contribution in [0.25, 0.3) is 0 Å². The second kappa shape index (κ2) is 8.07. The molecule has 8 heteroatoms. The van der Waals surface area contributed by atoms with Gasteiger partial charge in [-0.3, -0.25) is 0 Å². The van der Waals surface area contributed by atoms with Crippen LogP contribution in [0.1, 0.15) is 25.8 Å². The van der Waals surface area contributed by atoms with Crippen LogP contribution in [0.3, 0.4) is 0 Å². The molecule has 21 heavy (non-hydrogen) atoms. The van der Waals surface area contributed by atoms with E-state index in [1.54, 1.807) is 18.7 Å². The molecule has 0 aromatic heterocycles. The predicted molar refractivity (Wildman–Crippen MR) is 81.6 cm³/mol. The quantitative estimate of drug-likeness (QED) is 0.713. The van der Waals surface area contributed by atoms with E-state index in [-0.39, 0.29) is 6.04 Å². The Morgan fingerprint density at radius 3 is 2.62 bits per heavy atom. The predicted octanol–water partition coefficient (Wildman–Crippen LogP) is 2.23. The summed E-state index contributed by atoms with van der Waals surface area (Å²) < 4.78 is 54.1. The summed E-state index contributed by atoms with van der Waals surface area (Å²) in [4.78, 5) is -0.570. The number of sulfonamides is 1. The largest absolute Gasteiger partial charge is 0.326 e. The summed E-state index contributed by atoms with van der Waals surface area (Å²) in [5.74, 6) is -0.215. The van der Waals surface area contributed by atoms with Gasteiger partial charge in [0, 0.05) is 18.2 Å². The lowest BCUT2D eigenvalue weighted by atomic mass is 10.2. The van der Waals surface area contributed by atoms with Crippen LogP contribution in [0.2, 0.25) is 0 Å². The highest BCUT2D eigenvalue weighted by Gasteiger charge is 2.24. The van der Waals surface area contributed by atoms with E-state index in [4.69, 9.17) is 5.73 Å². The minimum Gasteiger partial charge on any atom is -0.326 e. The van der Waals surface area contributed by atoms with Gasteiger partial charge in [0.2, 0.25) is 10.0 Å². The highest BCUT2D eigenvalue weighted by molar-refractivity contribution is 7.99. The summed E-state index contributed by atoms with van der Waals surface area (Å²) in [5.41, 5.74) is 4.82. The highest BCUT2D eigenvalue weighted by atomic mass is 32.2. The van der Waals surface area contributed by atoms with Crippen LogP contribution in [-0.2, 0) is 16.6 Å². The third-order valence-corrected chi connectivity index (χ3v) is 5.44. The number of benzene rings is 1. The highest BCUT2D eigenvalue weighted by Crippen LogP contribution is 2.21. The number of halogens is 2. The molecule has 0 aliphatic carbocycles. The Morgan fingerprint density at radius 2 is 2.05 bits per heavy atom. The Hall–Kier alpha value is -0.700. The molecule has 0 fully saturated rings. The van der Waals surface area contributed by atoms with Crippen molar-refractivity contribution in [1.82, 2.24) is 4.72 Å². The van der Waals surface area contributed by atoms with Crippen molar-refractivity contribution in [3.05, 3.63) is 29.3 Å². The molecule has 1 rings (SSSR count). The first-order chi connectivity index (χ1) is 9.83. The van der Waals surface area contributed by atoms with E-state index in [0.29, 0.717) is 6.42 Å². The molecule has 4 nitrogen and oxygen atoms in total. The molecule has 0 radical (unpaired) electrons. The van der Waals surface area contributed by atoms with Crippen molar-refractivity contribution in [2.45, 2.75) is 37.8 Å². The molecule has 0 spiro atoms. The fraction of sp³-hybridized carbons (Fsp3) is 0.538. The van der Waals surface area contributed by atoms with Crippen LogP contribution >= 0.6 is 11.8 Å². The first kappa shape index (κ1) is 18.3. The van der Waals surface area contributed by atoms with Crippen LogP contribution in [0.5, 0.6) is 0 Å². The van der Waals surface area contributed by atoms with Gasteiger partial charge in [-0.1, -0.05) is 6.92 Å². The van der Waals surface area contributed by atoms with E-state index in [1.165, 1.54) is 0 Å². The summed E-state index contributed by atoms with van der Waals surface area (Å²) in [5, 5.41) is 0. The molecule has 0 aliphatic rings. The second-order valence-corrected chi connectivity index (χ2v) is 7.63. The molecule has 0 heterocycles. The molecular weight excluding hydrogens is 318 g/mol. The van der Waals surface area contributed by atoms with Gasteiger partial charge in [0.05, 0.1) is 0 Å². The van der Waals surface area contributed by atoms with Gasteiger partial charge in [-0.05, 0) is 37.0 Å². The molecule has 0 saturated heterocycles.